The number of benzene rings is 1. The van der Waals surface area contributed by atoms with Gasteiger partial charge in [0.15, 0.2) is 0 Å². The summed E-state index contributed by atoms with van der Waals surface area (Å²) in [5, 5.41) is 7.51. The highest BCUT2D eigenvalue weighted by molar-refractivity contribution is 5.61. The van der Waals surface area contributed by atoms with E-state index in [0.29, 0.717) is 11.7 Å². The summed E-state index contributed by atoms with van der Waals surface area (Å²) in [4.78, 5) is 4.55. The maximum atomic E-state index is 5.88. The van der Waals surface area contributed by atoms with E-state index in [4.69, 9.17) is 9.26 Å². The Balaban J connectivity index is 1.88. The third kappa shape index (κ3) is 2.99. The summed E-state index contributed by atoms with van der Waals surface area (Å²) >= 11 is 0. The van der Waals surface area contributed by atoms with Crippen LogP contribution in [0.25, 0.3) is 11.4 Å². The monoisotopic (exact) mass is 301 g/mol. The average molecular weight is 301 g/mol. The van der Waals surface area contributed by atoms with Crippen molar-refractivity contribution in [3.05, 3.63) is 29.2 Å². The molecule has 0 spiro atoms. The van der Waals surface area contributed by atoms with E-state index in [1.807, 2.05) is 27.7 Å². The third-order valence-electron chi connectivity index (χ3n) is 3.87. The second kappa shape index (κ2) is 6.08. The summed E-state index contributed by atoms with van der Waals surface area (Å²) in [6.45, 7) is 9.18. The molecule has 1 N–H and O–H groups in total. The lowest BCUT2D eigenvalue weighted by Gasteiger charge is -2.15. The first-order valence-corrected chi connectivity index (χ1v) is 7.90. The number of nitrogens with zero attached hydrogens (tertiary/aromatic N) is 2. The van der Waals surface area contributed by atoms with Crippen LogP contribution in [0.1, 0.15) is 49.7 Å². The predicted octanol–water partition coefficient (Wildman–Crippen LogP) is 3.57. The Morgan fingerprint density at radius 2 is 2.00 bits per heavy atom. The van der Waals surface area contributed by atoms with Crippen LogP contribution < -0.4 is 10.1 Å². The average Bonchev–Trinajstić information content (AvgIpc) is 3.12. The highest BCUT2D eigenvalue weighted by Gasteiger charge is 2.23. The predicted molar refractivity (Wildman–Crippen MR) is 84.9 cm³/mol. The van der Waals surface area contributed by atoms with Crippen molar-refractivity contribution in [3.8, 4) is 17.1 Å². The molecule has 5 nitrogen and oxygen atoms in total. The van der Waals surface area contributed by atoms with Crippen molar-refractivity contribution in [2.45, 2.75) is 52.7 Å². The molecule has 1 aromatic carbocycles. The van der Waals surface area contributed by atoms with Crippen LogP contribution in [0.5, 0.6) is 5.75 Å². The SMILES string of the molecule is Cc1cc(-c2noc(C3CCCN3)n2)cc(C)c1OC(C)C. The van der Waals surface area contributed by atoms with Gasteiger partial charge in [0.25, 0.3) is 0 Å². The zero-order chi connectivity index (χ0) is 15.7. The van der Waals surface area contributed by atoms with Crippen molar-refractivity contribution >= 4 is 0 Å². The lowest BCUT2D eigenvalue weighted by atomic mass is 10.1. The van der Waals surface area contributed by atoms with Crippen molar-refractivity contribution in [2.24, 2.45) is 0 Å². The summed E-state index contributed by atoms with van der Waals surface area (Å²) in [5.74, 6) is 2.27. The first-order chi connectivity index (χ1) is 10.5. The molecule has 0 aliphatic carbocycles. The molecule has 2 aromatic rings. The summed E-state index contributed by atoms with van der Waals surface area (Å²) in [6.07, 6.45) is 2.37. The lowest BCUT2D eigenvalue weighted by molar-refractivity contribution is 0.239. The zero-order valence-electron chi connectivity index (χ0n) is 13.6. The minimum atomic E-state index is 0.161. The van der Waals surface area contributed by atoms with Gasteiger partial charge in [-0.05, 0) is 70.3 Å². The third-order valence-corrected chi connectivity index (χ3v) is 3.87. The molecule has 0 saturated carbocycles. The van der Waals surface area contributed by atoms with Gasteiger partial charge in [0.2, 0.25) is 11.7 Å². The topological polar surface area (TPSA) is 60.2 Å². The van der Waals surface area contributed by atoms with Crippen LogP contribution in [-0.2, 0) is 0 Å². The summed E-state index contributed by atoms with van der Waals surface area (Å²) in [6, 6.07) is 4.31. The molecule has 0 amide bonds. The molecular weight excluding hydrogens is 278 g/mol. The molecule has 1 aliphatic rings. The molecule has 1 fully saturated rings. The van der Waals surface area contributed by atoms with E-state index >= 15 is 0 Å². The van der Waals surface area contributed by atoms with Crippen LogP contribution in [0.2, 0.25) is 0 Å². The van der Waals surface area contributed by atoms with E-state index in [9.17, 15) is 0 Å². The van der Waals surface area contributed by atoms with Gasteiger partial charge in [-0.1, -0.05) is 5.16 Å². The zero-order valence-corrected chi connectivity index (χ0v) is 13.6. The van der Waals surface area contributed by atoms with Crippen LogP contribution >= 0.6 is 0 Å². The largest absolute Gasteiger partial charge is 0.490 e. The fraction of sp³-hybridized carbons (Fsp3) is 0.529. The fourth-order valence-electron chi connectivity index (χ4n) is 2.89. The molecule has 1 aliphatic heterocycles. The molecule has 2 heterocycles. The molecule has 0 bridgehead atoms. The Hall–Kier alpha value is -1.88. The summed E-state index contributed by atoms with van der Waals surface area (Å²) < 4.78 is 11.3. The number of aromatic nitrogens is 2. The van der Waals surface area contributed by atoms with Crippen molar-refractivity contribution in [3.63, 3.8) is 0 Å². The van der Waals surface area contributed by atoms with Gasteiger partial charge in [-0.3, -0.25) is 0 Å². The first-order valence-electron chi connectivity index (χ1n) is 7.90. The maximum absolute atomic E-state index is 5.88. The smallest absolute Gasteiger partial charge is 0.244 e. The number of hydrogen-bond acceptors (Lipinski definition) is 5. The normalized spacial score (nSPS) is 18.1. The molecule has 1 aromatic heterocycles. The first kappa shape index (κ1) is 15.0. The van der Waals surface area contributed by atoms with Crippen molar-refractivity contribution in [1.82, 2.24) is 15.5 Å². The Kier molecular flexibility index (Phi) is 4.16. The molecule has 3 rings (SSSR count). The van der Waals surface area contributed by atoms with E-state index in [1.54, 1.807) is 0 Å². The van der Waals surface area contributed by atoms with Gasteiger partial charge >= 0.3 is 0 Å². The van der Waals surface area contributed by atoms with E-state index < -0.39 is 0 Å². The highest BCUT2D eigenvalue weighted by Crippen LogP contribution is 2.30. The summed E-state index contributed by atoms with van der Waals surface area (Å²) in [7, 11) is 0. The number of nitrogens with one attached hydrogen (secondary N) is 1. The summed E-state index contributed by atoms with van der Waals surface area (Å²) in [5.41, 5.74) is 3.15. The quantitative estimate of drug-likeness (QED) is 0.935. The number of ether oxygens (including phenoxy) is 1. The van der Waals surface area contributed by atoms with Gasteiger partial charge in [-0.2, -0.15) is 4.98 Å². The van der Waals surface area contributed by atoms with Gasteiger partial charge in [-0.25, -0.2) is 0 Å². The van der Waals surface area contributed by atoms with Crippen molar-refractivity contribution in [1.29, 1.82) is 0 Å². The van der Waals surface area contributed by atoms with Crippen molar-refractivity contribution < 1.29 is 9.26 Å². The van der Waals surface area contributed by atoms with Crippen LogP contribution in [0, 0.1) is 13.8 Å². The molecular formula is C17H23N3O2. The molecule has 1 unspecified atom stereocenters. The minimum Gasteiger partial charge on any atom is -0.490 e. The molecule has 1 atom stereocenters. The molecule has 22 heavy (non-hydrogen) atoms. The molecule has 118 valence electrons. The van der Waals surface area contributed by atoms with Crippen LogP contribution in [-0.4, -0.2) is 22.8 Å². The Bertz CT molecular complexity index is 635. The van der Waals surface area contributed by atoms with E-state index in [-0.39, 0.29) is 12.1 Å². The molecule has 0 radical (unpaired) electrons. The van der Waals surface area contributed by atoms with Gasteiger partial charge in [0.05, 0.1) is 12.1 Å². The van der Waals surface area contributed by atoms with Crippen LogP contribution in [0.3, 0.4) is 0 Å². The minimum absolute atomic E-state index is 0.161. The number of hydrogen-bond donors (Lipinski definition) is 1. The number of rotatable bonds is 4. The molecule has 5 heteroatoms. The Morgan fingerprint density at radius 1 is 1.27 bits per heavy atom. The van der Waals surface area contributed by atoms with E-state index in [0.717, 1.165) is 41.8 Å². The Morgan fingerprint density at radius 3 is 2.59 bits per heavy atom. The fourth-order valence-corrected chi connectivity index (χ4v) is 2.89. The van der Waals surface area contributed by atoms with E-state index in [2.05, 4.69) is 27.6 Å². The maximum Gasteiger partial charge on any atom is 0.244 e. The Labute approximate surface area is 131 Å². The highest BCUT2D eigenvalue weighted by atomic mass is 16.5. The van der Waals surface area contributed by atoms with Gasteiger partial charge in [-0.15, -0.1) is 0 Å². The standard InChI is InChI=1S/C17H23N3O2/c1-10(2)21-15-11(3)8-13(9-12(15)4)16-19-17(22-20-16)14-6-5-7-18-14/h8-10,14,18H,5-7H2,1-4H3. The van der Waals surface area contributed by atoms with Crippen LogP contribution in [0.15, 0.2) is 16.7 Å². The number of aryl methyl sites for hydroxylation is 2. The van der Waals surface area contributed by atoms with Gasteiger partial charge in [0.1, 0.15) is 5.75 Å². The second-order valence-corrected chi connectivity index (χ2v) is 6.21. The van der Waals surface area contributed by atoms with Crippen molar-refractivity contribution in [2.75, 3.05) is 6.54 Å². The van der Waals surface area contributed by atoms with Gasteiger partial charge in [0, 0.05) is 5.56 Å². The van der Waals surface area contributed by atoms with Gasteiger partial charge < -0.3 is 14.6 Å². The van der Waals surface area contributed by atoms with Crippen LogP contribution in [0.4, 0.5) is 0 Å². The molecule has 1 saturated heterocycles. The van der Waals surface area contributed by atoms with E-state index in [1.165, 1.54) is 0 Å². The lowest BCUT2D eigenvalue weighted by Crippen LogP contribution is -2.12. The second-order valence-electron chi connectivity index (χ2n) is 6.21.